The minimum absolute atomic E-state index is 0.167. The van der Waals surface area contributed by atoms with Crippen molar-refractivity contribution in [2.24, 2.45) is 17.8 Å². The van der Waals surface area contributed by atoms with Crippen molar-refractivity contribution in [2.75, 3.05) is 7.11 Å². The normalized spacial score (nSPS) is 26.3. The number of rotatable bonds is 2. The van der Waals surface area contributed by atoms with Crippen LogP contribution in [0.25, 0.3) is 0 Å². The SMILES string of the molecule is COC(=O)C(C#N)C1CC(=O)CCC1C(F)(F)F. The lowest BCUT2D eigenvalue weighted by Crippen LogP contribution is -2.41. The molecule has 3 atom stereocenters. The van der Waals surface area contributed by atoms with E-state index in [0.717, 1.165) is 7.11 Å². The number of ketones is 1. The summed E-state index contributed by atoms with van der Waals surface area (Å²) in [5, 5.41) is 8.82. The van der Waals surface area contributed by atoms with Gasteiger partial charge in [-0.3, -0.25) is 9.59 Å². The summed E-state index contributed by atoms with van der Waals surface area (Å²) in [5.74, 6) is -6.08. The first-order valence-electron chi connectivity index (χ1n) is 5.37. The van der Waals surface area contributed by atoms with Gasteiger partial charge in [0.2, 0.25) is 0 Å². The van der Waals surface area contributed by atoms with Gasteiger partial charge < -0.3 is 4.74 Å². The zero-order valence-corrected chi connectivity index (χ0v) is 9.66. The van der Waals surface area contributed by atoms with E-state index in [1.54, 1.807) is 0 Å². The Hall–Kier alpha value is -1.58. The maximum atomic E-state index is 12.8. The van der Waals surface area contributed by atoms with Crippen molar-refractivity contribution >= 4 is 11.8 Å². The minimum Gasteiger partial charge on any atom is -0.468 e. The predicted octanol–water partition coefficient (Wildman–Crippen LogP) is 1.85. The largest absolute Gasteiger partial charge is 0.468 e. The molecule has 0 radical (unpaired) electrons. The third-order valence-corrected chi connectivity index (χ3v) is 3.16. The van der Waals surface area contributed by atoms with Crippen molar-refractivity contribution < 1.29 is 27.5 Å². The maximum absolute atomic E-state index is 12.8. The number of Topliss-reactive ketones (excluding diaryl/α,β-unsaturated/α-hetero) is 1. The molecule has 100 valence electrons. The summed E-state index contributed by atoms with van der Waals surface area (Å²) >= 11 is 0. The molecule has 1 aliphatic rings. The van der Waals surface area contributed by atoms with Crippen LogP contribution < -0.4 is 0 Å². The van der Waals surface area contributed by atoms with Crippen LogP contribution in [0.15, 0.2) is 0 Å². The van der Waals surface area contributed by atoms with Gasteiger partial charge in [0.15, 0.2) is 0 Å². The molecule has 0 aromatic rings. The molecule has 0 aromatic heterocycles. The van der Waals surface area contributed by atoms with Gasteiger partial charge in [-0.05, 0) is 6.42 Å². The maximum Gasteiger partial charge on any atom is 0.392 e. The Morgan fingerprint density at radius 2 is 2.17 bits per heavy atom. The first-order valence-corrected chi connectivity index (χ1v) is 5.37. The first kappa shape index (κ1) is 14.5. The van der Waals surface area contributed by atoms with Crippen LogP contribution >= 0.6 is 0 Å². The van der Waals surface area contributed by atoms with Crippen LogP contribution in [0.5, 0.6) is 0 Å². The van der Waals surface area contributed by atoms with Crippen LogP contribution in [-0.4, -0.2) is 25.0 Å². The quantitative estimate of drug-likeness (QED) is 0.713. The number of alkyl halides is 3. The minimum atomic E-state index is -4.52. The molecule has 0 aliphatic heterocycles. The predicted molar refractivity (Wildman–Crippen MR) is 53.0 cm³/mol. The lowest BCUT2D eigenvalue weighted by Gasteiger charge is -2.33. The number of halogens is 3. The highest BCUT2D eigenvalue weighted by Gasteiger charge is 2.51. The van der Waals surface area contributed by atoms with E-state index in [-0.39, 0.29) is 18.6 Å². The first-order chi connectivity index (χ1) is 8.31. The molecule has 0 amide bonds. The van der Waals surface area contributed by atoms with Gasteiger partial charge in [-0.2, -0.15) is 18.4 Å². The average molecular weight is 263 g/mol. The molecule has 1 fully saturated rings. The van der Waals surface area contributed by atoms with Gasteiger partial charge in [0.25, 0.3) is 0 Å². The molecular weight excluding hydrogens is 251 g/mol. The number of nitriles is 1. The highest BCUT2D eigenvalue weighted by molar-refractivity contribution is 5.82. The second kappa shape index (κ2) is 5.38. The fourth-order valence-corrected chi connectivity index (χ4v) is 2.24. The van der Waals surface area contributed by atoms with E-state index < -0.39 is 36.3 Å². The molecule has 0 bridgehead atoms. The van der Waals surface area contributed by atoms with Crippen LogP contribution in [0.4, 0.5) is 13.2 Å². The molecule has 3 unspecified atom stereocenters. The molecule has 1 saturated carbocycles. The zero-order chi connectivity index (χ0) is 13.9. The zero-order valence-electron chi connectivity index (χ0n) is 9.66. The third kappa shape index (κ3) is 3.00. The number of hydrogen-bond donors (Lipinski definition) is 0. The summed E-state index contributed by atoms with van der Waals surface area (Å²) in [7, 11) is 1.000. The second-order valence-electron chi connectivity index (χ2n) is 4.22. The van der Waals surface area contributed by atoms with Crippen molar-refractivity contribution in [3.63, 3.8) is 0 Å². The lowest BCUT2D eigenvalue weighted by molar-refractivity contribution is -0.201. The Kier molecular flexibility index (Phi) is 4.33. The van der Waals surface area contributed by atoms with Crippen molar-refractivity contribution in [3.05, 3.63) is 0 Å². The number of hydrogen-bond acceptors (Lipinski definition) is 4. The standard InChI is InChI=1S/C11H12F3NO3/c1-18-10(17)8(5-15)7-4-6(16)2-3-9(7)11(12,13)14/h7-9H,2-4H2,1H3. The number of carbonyl (C=O) groups excluding carboxylic acids is 2. The van der Waals surface area contributed by atoms with Gasteiger partial charge in [-0.15, -0.1) is 0 Å². The highest BCUT2D eigenvalue weighted by atomic mass is 19.4. The monoisotopic (exact) mass is 263 g/mol. The van der Waals surface area contributed by atoms with Crippen LogP contribution in [0.3, 0.4) is 0 Å². The smallest absolute Gasteiger partial charge is 0.392 e. The highest BCUT2D eigenvalue weighted by Crippen LogP contribution is 2.43. The van der Waals surface area contributed by atoms with Gasteiger partial charge in [0.1, 0.15) is 11.7 Å². The van der Waals surface area contributed by atoms with Crippen molar-refractivity contribution in [2.45, 2.75) is 25.4 Å². The van der Waals surface area contributed by atoms with Crippen molar-refractivity contribution in [1.82, 2.24) is 0 Å². The second-order valence-corrected chi connectivity index (χ2v) is 4.22. The Morgan fingerprint density at radius 1 is 1.56 bits per heavy atom. The molecule has 0 N–H and O–H groups in total. The summed E-state index contributed by atoms with van der Waals surface area (Å²) < 4.78 is 42.7. The Bertz CT molecular complexity index is 386. The number of esters is 1. The summed E-state index contributed by atoms with van der Waals surface area (Å²) in [6.45, 7) is 0. The van der Waals surface area contributed by atoms with Crippen LogP contribution in [0.1, 0.15) is 19.3 Å². The fraction of sp³-hybridized carbons (Fsp3) is 0.727. The number of nitrogens with zero attached hydrogens (tertiary/aromatic N) is 1. The van der Waals surface area contributed by atoms with Crippen molar-refractivity contribution in [3.8, 4) is 6.07 Å². The molecular formula is C11H12F3NO3. The molecule has 0 spiro atoms. The van der Waals surface area contributed by atoms with E-state index in [4.69, 9.17) is 5.26 Å². The molecule has 4 nitrogen and oxygen atoms in total. The number of carbonyl (C=O) groups is 2. The molecule has 0 saturated heterocycles. The summed E-state index contributed by atoms with van der Waals surface area (Å²) in [4.78, 5) is 22.5. The van der Waals surface area contributed by atoms with E-state index in [2.05, 4.69) is 4.74 Å². The van der Waals surface area contributed by atoms with E-state index in [9.17, 15) is 22.8 Å². The van der Waals surface area contributed by atoms with Gasteiger partial charge in [-0.1, -0.05) is 0 Å². The topological polar surface area (TPSA) is 67.2 Å². The number of methoxy groups -OCH3 is 1. The molecule has 1 rings (SSSR count). The molecule has 1 aliphatic carbocycles. The fourth-order valence-electron chi connectivity index (χ4n) is 2.24. The average Bonchev–Trinajstić information content (AvgIpc) is 2.28. The summed E-state index contributed by atoms with van der Waals surface area (Å²) in [6, 6.07) is 1.52. The molecule has 0 aromatic carbocycles. The Morgan fingerprint density at radius 3 is 2.61 bits per heavy atom. The van der Waals surface area contributed by atoms with Gasteiger partial charge in [0, 0.05) is 18.8 Å². The van der Waals surface area contributed by atoms with Crippen LogP contribution in [-0.2, 0) is 14.3 Å². The number of ether oxygens (including phenoxy) is 1. The molecule has 0 heterocycles. The third-order valence-electron chi connectivity index (χ3n) is 3.16. The van der Waals surface area contributed by atoms with Crippen molar-refractivity contribution in [1.29, 1.82) is 5.26 Å². The Labute approximate surface area is 102 Å². The van der Waals surface area contributed by atoms with Gasteiger partial charge >= 0.3 is 12.1 Å². The summed E-state index contributed by atoms with van der Waals surface area (Å²) in [6.07, 6.45) is -5.46. The summed E-state index contributed by atoms with van der Waals surface area (Å²) in [5.41, 5.74) is 0. The van der Waals surface area contributed by atoms with Gasteiger partial charge in [-0.25, -0.2) is 0 Å². The van der Waals surface area contributed by atoms with E-state index in [0.29, 0.717) is 0 Å². The van der Waals surface area contributed by atoms with E-state index >= 15 is 0 Å². The lowest BCUT2D eigenvalue weighted by atomic mass is 9.72. The van der Waals surface area contributed by atoms with Crippen LogP contribution in [0, 0.1) is 29.1 Å². The molecule has 18 heavy (non-hydrogen) atoms. The van der Waals surface area contributed by atoms with E-state index in [1.165, 1.54) is 6.07 Å². The van der Waals surface area contributed by atoms with Crippen LogP contribution in [0.2, 0.25) is 0 Å². The van der Waals surface area contributed by atoms with E-state index in [1.807, 2.05) is 0 Å². The molecule has 7 heteroatoms. The Balaban J connectivity index is 3.01. The van der Waals surface area contributed by atoms with Gasteiger partial charge in [0.05, 0.1) is 19.1 Å².